The first-order chi connectivity index (χ1) is 10.1. The van der Waals surface area contributed by atoms with E-state index in [1.165, 1.54) is 0 Å². The van der Waals surface area contributed by atoms with Crippen LogP contribution in [0.3, 0.4) is 0 Å². The summed E-state index contributed by atoms with van der Waals surface area (Å²) in [6.07, 6.45) is 1.19. The van der Waals surface area contributed by atoms with Crippen LogP contribution < -0.4 is 5.32 Å². The van der Waals surface area contributed by atoms with Crippen molar-refractivity contribution < 1.29 is 4.79 Å². The molecule has 1 aliphatic rings. The first-order valence-corrected chi connectivity index (χ1v) is 7.59. The van der Waals surface area contributed by atoms with Crippen molar-refractivity contribution in [1.29, 1.82) is 0 Å². The number of carbonyl (C=O) groups excluding carboxylic acids is 1. The number of benzene rings is 1. The summed E-state index contributed by atoms with van der Waals surface area (Å²) in [4.78, 5) is 22.2. The lowest BCUT2D eigenvalue weighted by molar-refractivity contribution is -0.133. The second kappa shape index (κ2) is 5.85. The Morgan fingerprint density at radius 2 is 2.33 bits per heavy atom. The number of imidazole rings is 1. The van der Waals surface area contributed by atoms with E-state index in [9.17, 15) is 4.79 Å². The molecule has 3 rings (SSSR count). The Kier molecular flexibility index (Phi) is 3.92. The molecule has 1 unspecified atom stereocenters. The van der Waals surface area contributed by atoms with Gasteiger partial charge in [0.1, 0.15) is 5.82 Å². The number of piperazine rings is 1. The molecule has 1 aliphatic heterocycles. The van der Waals surface area contributed by atoms with Gasteiger partial charge in [0.05, 0.1) is 11.0 Å². The Morgan fingerprint density at radius 3 is 3.10 bits per heavy atom. The maximum Gasteiger partial charge on any atom is 0.223 e. The van der Waals surface area contributed by atoms with E-state index in [0.717, 1.165) is 42.1 Å². The third-order valence-electron chi connectivity index (χ3n) is 4.16. The van der Waals surface area contributed by atoms with Gasteiger partial charge in [0, 0.05) is 38.5 Å². The number of rotatable bonds is 3. The second-order valence-corrected chi connectivity index (χ2v) is 5.79. The molecule has 5 nitrogen and oxygen atoms in total. The van der Waals surface area contributed by atoms with E-state index >= 15 is 0 Å². The number of hydrogen-bond acceptors (Lipinski definition) is 3. The van der Waals surface area contributed by atoms with Crippen LogP contribution in [0, 0.1) is 6.92 Å². The first-order valence-electron chi connectivity index (χ1n) is 7.59. The molecular weight excluding hydrogens is 264 g/mol. The molecule has 0 spiro atoms. The standard InChI is InChI=1S/C16H22N4O/c1-11-4-3-5-13-16(11)19-14(18-13)6-7-15(21)20-9-8-17-10-12(20)2/h3-5,12,17H,6-10H2,1-2H3,(H,18,19). The molecule has 1 atom stereocenters. The zero-order valence-corrected chi connectivity index (χ0v) is 12.6. The van der Waals surface area contributed by atoms with Crippen molar-refractivity contribution in [1.82, 2.24) is 20.2 Å². The summed E-state index contributed by atoms with van der Waals surface area (Å²) in [5, 5.41) is 3.30. The first kappa shape index (κ1) is 14.1. The quantitative estimate of drug-likeness (QED) is 0.901. The lowest BCUT2D eigenvalue weighted by Crippen LogP contribution is -2.52. The number of amides is 1. The molecule has 1 aromatic heterocycles. The van der Waals surface area contributed by atoms with Crippen molar-refractivity contribution in [3.05, 3.63) is 29.6 Å². The van der Waals surface area contributed by atoms with Gasteiger partial charge in [-0.2, -0.15) is 0 Å². The third-order valence-corrected chi connectivity index (χ3v) is 4.16. The molecule has 112 valence electrons. The van der Waals surface area contributed by atoms with Gasteiger partial charge in [-0.3, -0.25) is 4.79 Å². The Hall–Kier alpha value is -1.88. The Labute approximate surface area is 124 Å². The maximum absolute atomic E-state index is 12.3. The topological polar surface area (TPSA) is 61.0 Å². The fourth-order valence-corrected chi connectivity index (χ4v) is 2.93. The SMILES string of the molecule is Cc1cccc2[nH]c(CCC(=O)N3CCNCC3C)nc12. The highest BCUT2D eigenvalue weighted by atomic mass is 16.2. The fraction of sp³-hybridized carbons (Fsp3) is 0.500. The van der Waals surface area contributed by atoms with Gasteiger partial charge in [0.25, 0.3) is 0 Å². The number of nitrogens with one attached hydrogen (secondary N) is 2. The van der Waals surface area contributed by atoms with Crippen molar-refractivity contribution in [2.75, 3.05) is 19.6 Å². The lowest BCUT2D eigenvalue weighted by Gasteiger charge is -2.34. The number of aryl methyl sites for hydroxylation is 2. The van der Waals surface area contributed by atoms with Crippen molar-refractivity contribution in [2.45, 2.75) is 32.7 Å². The van der Waals surface area contributed by atoms with Gasteiger partial charge in [-0.1, -0.05) is 12.1 Å². The maximum atomic E-state index is 12.3. The van der Waals surface area contributed by atoms with Gasteiger partial charge in [-0.25, -0.2) is 4.98 Å². The highest BCUT2D eigenvalue weighted by Crippen LogP contribution is 2.16. The van der Waals surface area contributed by atoms with Crippen LogP contribution in [-0.4, -0.2) is 46.5 Å². The molecule has 21 heavy (non-hydrogen) atoms. The summed E-state index contributed by atoms with van der Waals surface area (Å²) in [7, 11) is 0. The summed E-state index contributed by atoms with van der Waals surface area (Å²) in [5.74, 6) is 1.12. The van der Waals surface area contributed by atoms with Gasteiger partial charge < -0.3 is 15.2 Å². The predicted octanol–water partition coefficient (Wildman–Crippen LogP) is 1.62. The average Bonchev–Trinajstić information content (AvgIpc) is 2.90. The van der Waals surface area contributed by atoms with Crippen molar-refractivity contribution in [2.24, 2.45) is 0 Å². The smallest absolute Gasteiger partial charge is 0.223 e. The lowest BCUT2D eigenvalue weighted by atomic mass is 10.2. The molecule has 2 N–H and O–H groups in total. The van der Waals surface area contributed by atoms with Crippen LogP contribution in [0.15, 0.2) is 18.2 Å². The molecule has 1 fully saturated rings. The molecule has 2 heterocycles. The average molecular weight is 286 g/mol. The minimum Gasteiger partial charge on any atom is -0.342 e. The van der Waals surface area contributed by atoms with Crippen LogP contribution >= 0.6 is 0 Å². The Bertz CT molecular complexity index is 649. The monoisotopic (exact) mass is 286 g/mol. The molecule has 0 bridgehead atoms. The second-order valence-electron chi connectivity index (χ2n) is 5.79. The molecule has 2 aromatic rings. The number of carbonyl (C=O) groups is 1. The Balaban J connectivity index is 1.66. The van der Waals surface area contributed by atoms with Crippen LogP contribution in [0.1, 0.15) is 24.7 Å². The fourth-order valence-electron chi connectivity index (χ4n) is 2.93. The minimum atomic E-state index is 0.223. The van der Waals surface area contributed by atoms with Crippen LogP contribution in [0.2, 0.25) is 0 Å². The zero-order chi connectivity index (χ0) is 14.8. The molecule has 1 aromatic carbocycles. The van der Waals surface area contributed by atoms with Crippen molar-refractivity contribution in [3.63, 3.8) is 0 Å². The van der Waals surface area contributed by atoms with Crippen LogP contribution in [0.5, 0.6) is 0 Å². The van der Waals surface area contributed by atoms with E-state index in [1.807, 2.05) is 17.0 Å². The number of aromatic amines is 1. The summed E-state index contributed by atoms with van der Waals surface area (Å²) >= 11 is 0. The van der Waals surface area contributed by atoms with E-state index in [4.69, 9.17) is 0 Å². The van der Waals surface area contributed by atoms with Gasteiger partial charge >= 0.3 is 0 Å². The van der Waals surface area contributed by atoms with E-state index in [1.54, 1.807) is 0 Å². The summed E-state index contributed by atoms with van der Waals surface area (Å²) in [6, 6.07) is 6.39. The van der Waals surface area contributed by atoms with Crippen LogP contribution in [0.4, 0.5) is 0 Å². The largest absolute Gasteiger partial charge is 0.342 e. The van der Waals surface area contributed by atoms with Crippen molar-refractivity contribution in [3.8, 4) is 0 Å². The molecule has 5 heteroatoms. The summed E-state index contributed by atoms with van der Waals surface area (Å²) in [5.41, 5.74) is 3.22. The number of nitrogens with zero attached hydrogens (tertiary/aromatic N) is 2. The number of hydrogen-bond donors (Lipinski definition) is 2. The summed E-state index contributed by atoms with van der Waals surface area (Å²) < 4.78 is 0. The molecule has 1 amide bonds. The van der Waals surface area contributed by atoms with E-state index in [2.05, 4.69) is 35.2 Å². The third kappa shape index (κ3) is 2.93. The molecule has 0 aliphatic carbocycles. The number of para-hydroxylation sites is 1. The van der Waals surface area contributed by atoms with Gasteiger partial charge in [0.15, 0.2) is 0 Å². The molecule has 0 saturated carbocycles. The number of H-pyrrole nitrogens is 1. The van der Waals surface area contributed by atoms with E-state index in [-0.39, 0.29) is 11.9 Å². The number of aromatic nitrogens is 2. The highest BCUT2D eigenvalue weighted by Gasteiger charge is 2.22. The predicted molar refractivity (Wildman–Crippen MR) is 83.2 cm³/mol. The zero-order valence-electron chi connectivity index (χ0n) is 12.6. The van der Waals surface area contributed by atoms with Crippen molar-refractivity contribution >= 4 is 16.9 Å². The molecular formula is C16H22N4O. The van der Waals surface area contributed by atoms with Gasteiger partial charge in [-0.05, 0) is 25.5 Å². The minimum absolute atomic E-state index is 0.223. The molecule has 0 radical (unpaired) electrons. The normalized spacial score (nSPS) is 19.1. The van der Waals surface area contributed by atoms with E-state index < -0.39 is 0 Å². The summed E-state index contributed by atoms with van der Waals surface area (Å²) in [6.45, 7) is 6.73. The van der Waals surface area contributed by atoms with Gasteiger partial charge in [-0.15, -0.1) is 0 Å². The van der Waals surface area contributed by atoms with E-state index in [0.29, 0.717) is 12.8 Å². The van der Waals surface area contributed by atoms with Gasteiger partial charge in [0.2, 0.25) is 5.91 Å². The number of fused-ring (bicyclic) bond motifs is 1. The molecule has 1 saturated heterocycles. The highest BCUT2D eigenvalue weighted by molar-refractivity contribution is 5.79. The van der Waals surface area contributed by atoms with Crippen LogP contribution in [0.25, 0.3) is 11.0 Å². The Morgan fingerprint density at radius 1 is 1.48 bits per heavy atom. The van der Waals surface area contributed by atoms with Crippen LogP contribution in [-0.2, 0) is 11.2 Å².